The first-order valence-corrected chi connectivity index (χ1v) is 11.3. The number of carbonyl (C=O) groups is 1. The molecule has 1 saturated carbocycles. The van der Waals surface area contributed by atoms with Crippen LogP contribution >= 0.6 is 0 Å². The van der Waals surface area contributed by atoms with E-state index in [1.165, 1.54) is 0 Å². The van der Waals surface area contributed by atoms with E-state index >= 15 is 0 Å². The number of rotatable bonds is 7. The van der Waals surface area contributed by atoms with Gasteiger partial charge in [0.05, 0.1) is 30.2 Å². The Kier molecular flexibility index (Phi) is 5.70. The standard InChI is InChI=1S/C24H24F3N7O/c1-14-9-15(3-6-18(14)23(35)31-17-4-5-17)20-11-29-22-21(28-8-7-24(25,26)27)32-19(13-34(20)22)16-10-30-33(2)12-16/h3,6,9-13,17H,4-5,7-8H2,1-2H3,(H,28,32)(H,31,35). The summed E-state index contributed by atoms with van der Waals surface area (Å²) >= 11 is 0. The highest BCUT2D eigenvalue weighted by molar-refractivity contribution is 5.96. The summed E-state index contributed by atoms with van der Waals surface area (Å²) in [4.78, 5) is 21.5. The molecule has 5 rings (SSSR count). The lowest BCUT2D eigenvalue weighted by atomic mass is 10.0. The zero-order valence-corrected chi connectivity index (χ0v) is 19.2. The first-order chi connectivity index (χ1) is 16.7. The Balaban J connectivity index is 1.54. The van der Waals surface area contributed by atoms with Crippen LogP contribution in [0.5, 0.6) is 0 Å². The number of halogens is 3. The summed E-state index contributed by atoms with van der Waals surface area (Å²) in [6.45, 7) is 1.55. The summed E-state index contributed by atoms with van der Waals surface area (Å²) in [7, 11) is 1.77. The number of fused-ring (bicyclic) bond motifs is 1. The van der Waals surface area contributed by atoms with Crippen LogP contribution in [0.25, 0.3) is 28.2 Å². The van der Waals surface area contributed by atoms with Crippen LogP contribution < -0.4 is 10.6 Å². The SMILES string of the molecule is Cc1cc(-c2cnc3c(NCCC(F)(F)F)nc(-c4cnn(C)c4)cn23)ccc1C(=O)NC1CC1. The van der Waals surface area contributed by atoms with Gasteiger partial charge in [-0.15, -0.1) is 0 Å². The summed E-state index contributed by atoms with van der Waals surface area (Å²) in [5.74, 6) is 0.160. The van der Waals surface area contributed by atoms with Crippen LogP contribution in [0.4, 0.5) is 19.0 Å². The second kappa shape index (κ2) is 8.71. The van der Waals surface area contributed by atoms with E-state index in [9.17, 15) is 18.0 Å². The van der Waals surface area contributed by atoms with Crippen molar-refractivity contribution in [3.8, 4) is 22.5 Å². The number of carbonyl (C=O) groups excluding carboxylic acids is 1. The molecule has 3 aromatic heterocycles. The molecule has 0 saturated heterocycles. The molecule has 0 atom stereocenters. The Labute approximate surface area is 199 Å². The molecule has 0 bridgehead atoms. The van der Waals surface area contributed by atoms with Crippen LogP contribution in [0, 0.1) is 6.92 Å². The van der Waals surface area contributed by atoms with Crippen LogP contribution in [0.1, 0.15) is 35.2 Å². The highest BCUT2D eigenvalue weighted by atomic mass is 19.4. The van der Waals surface area contributed by atoms with Gasteiger partial charge < -0.3 is 10.6 Å². The molecule has 2 N–H and O–H groups in total. The fourth-order valence-corrected chi connectivity index (χ4v) is 3.90. The molecule has 0 spiro atoms. The lowest BCUT2D eigenvalue weighted by Gasteiger charge is -2.12. The molecule has 4 aromatic rings. The normalized spacial score (nSPS) is 13.9. The minimum Gasteiger partial charge on any atom is -0.367 e. The van der Waals surface area contributed by atoms with E-state index in [0.717, 1.165) is 35.2 Å². The third-order valence-corrected chi connectivity index (χ3v) is 5.87. The summed E-state index contributed by atoms with van der Waals surface area (Å²) in [6.07, 6.45) is 3.60. The van der Waals surface area contributed by atoms with Crippen LogP contribution in [0.15, 0.2) is 43.0 Å². The molecule has 0 unspecified atom stereocenters. The van der Waals surface area contributed by atoms with Crippen LogP contribution in [0.2, 0.25) is 0 Å². The first kappa shape index (κ1) is 22.9. The number of benzene rings is 1. The predicted molar refractivity (Wildman–Crippen MR) is 125 cm³/mol. The second-order valence-electron chi connectivity index (χ2n) is 8.78. The van der Waals surface area contributed by atoms with E-state index in [1.807, 2.05) is 19.1 Å². The van der Waals surface area contributed by atoms with Crippen molar-refractivity contribution in [1.29, 1.82) is 0 Å². The molecular formula is C24H24F3N7O. The third-order valence-electron chi connectivity index (χ3n) is 5.87. The Hall–Kier alpha value is -3.89. The van der Waals surface area contributed by atoms with Crippen molar-refractivity contribution in [1.82, 2.24) is 29.5 Å². The van der Waals surface area contributed by atoms with Gasteiger partial charge in [-0.1, -0.05) is 6.07 Å². The number of aryl methyl sites for hydroxylation is 2. The minimum absolute atomic E-state index is 0.0890. The van der Waals surface area contributed by atoms with Gasteiger partial charge in [0.25, 0.3) is 5.91 Å². The number of imidazole rings is 1. The molecule has 1 amide bonds. The Morgan fingerprint density at radius 1 is 1.17 bits per heavy atom. The van der Waals surface area contributed by atoms with Gasteiger partial charge in [0.15, 0.2) is 11.5 Å². The lowest BCUT2D eigenvalue weighted by molar-refractivity contribution is -0.131. The molecule has 0 radical (unpaired) electrons. The molecule has 0 aliphatic heterocycles. The highest BCUT2D eigenvalue weighted by Crippen LogP contribution is 2.29. The van der Waals surface area contributed by atoms with Crippen LogP contribution in [0.3, 0.4) is 0 Å². The van der Waals surface area contributed by atoms with Crippen molar-refractivity contribution >= 4 is 17.4 Å². The number of aromatic nitrogens is 5. The summed E-state index contributed by atoms with van der Waals surface area (Å²) in [5, 5.41) is 9.96. The average Bonchev–Trinajstić information content (AvgIpc) is 3.32. The summed E-state index contributed by atoms with van der Waals surface area (Å²) in [5.41, 5.74) is 4.64. The van der Waals surface area contributed by atoms with Gasteiger partial charge in [-0.25, -0.2) is 9.97 Å². The maximum atomic E-state index is 12.7. The fraction of sp³-hybridized carbons (Fsp3) is 0.333. The molecule has 8 nitrogen and oxygen atoms in total. The number of hydrogen-bond donors (Lipinski definition) is 2. The van der Waals surface area contributed by atoms with Gasteiger partial charge in [-0.2, -0.15) is 18.3 Å². The van der Waals surface area contributed by atoms with Crippen LogP contribution in [-0.4, -0.2) is 48.8 Å². The Morgan fingerprint density at radius 3 is 2.63 bits per heavy atom. The number of nitrogens with zero attached hydrogens (tertiary/aromatic N) is 5. The first-order valence-electron chi connectivity index (χ1n) is 11.3. The van der Waals surface area contributed by atoms with Crippen molar-refractivity contribution < 1.29 is 18.0 Å². The van der Waals surface area contributed by atoms with E-state index in [0.29, 0.717) is 16.9 Å². The van der Waals surface area contributed by atoms with Crippen molar-refractivity contribution in [2.45, 2.75) is 38.4 Å². The largest absolute Gasteiger partial charge is 0.390 e. The Bertz CT molecular complexity index is 1400. The minimum atomic E-state index is -4.28. The van der Waals surface area contributed by atoms with E-state index in [1.54, 1.807) is 47.0 Å². The van der Waals surface area contributed by atoms with Gasteiger partial charge in [0.2, 0.25) is 0 Å². The quantitative estimate of drug-likeness (QED) is 0.408. The zero-order chi connectivity index (χ0) is 24.7. The van der Waals surface area contributed by atoms with Gasteiger partial charge in [0, 0.05) is 48.7 Å². The third kappa shape index (κ3) is 4.98. The molecular weight excluding hydrogens is 459 g/mol. The van der Waals surface area contributed by atoms with Gasteiger partial charge in [-0.3, -0.25) is 13.9 Å². The molecule has 1 aliphatic carbocycles. The molecule has 11 heteroatoms. The highest BCUT2D eigenvalue weighted by Gasteiger charge is 2.27. The number of amides is 1. The lowest BCUT2D eigenvalue weighted by Crippen LogP contribution is -2.26. The van der Waals surface area contributed by atoms with E-state index in [2.05, 4.69) is 25.7 Å². The van der Waals surface area contributed by atoms with Crippen molar-refractivity contribution in [3.05, 3.63) is 54.1 Å². The number of hydrogen-bond acceptors (Lipinski definition) is 5. The zero-order valence-electron chi connectivity index (χ0n) is 19.2. The van der Waals surface area contributed by atoms with Crippen molar-refractivity contribution in [2.24, 2.45) is 7.05 Å². The molecule has 1 aromatic carbocycles. The van der Waals surface area contributed by atoms with E-state index in [4.69, 9.17) is 0 Å². The van der Waals surface area contributed by atoms with Crippen molar-refractivity contribution in [3.63, 3.8) is 0 Å². The van der Waals surface area contributed by atoms with Gasteiger partial charge in [0.1, 0.15) is 0 Å². The smallest absolute Gasteiger partial charge is 0.367 e. The van der Waals surface area contributed by atoms with Gasteiger partial charge >= 0.3 is 6.18 Å². The fourth-order valence-electron chi connectivity index (χ4n) is 3.90. The summed E-state index contributed by atoms with van der Waals surface area (Å²) in [6, 6.07) is 5.81. The van der Waals surface area contributed by atoms with Gasteiger partial charge in [-0.05, 0) is 37.5 Å². The molecule has 1 fully saturated rings. The number of anilines is 1. The van der Waals surface area contributed by atoms with E-state index < -0.39 is 12.6 Å². The predicted octanol–water partition coefficient (Wildman–Crippen LogP) is 4.36. The van der Waals surface area contributed by atoms with Crippen LogP contribution in [-0.2, 0) is 7.05 Å². The summed E-state index contributed by atoms with van der Waals surface area (Å²) < 4.78 is 41.6. The maximum Gasteiger partial charge on any atom is 0.390 e. The molecule has 3 heterocycles. The molecule has 1 aliphatic rings. The number of alkyl halides is 3. The topological polar surface area (TPSA) is 89.1 Å². The number of nitrogens with one attached hydrogen (secondary N) is 2. The molecule has 35 heavy (non-hydrogen) atoms. The average molecular weight is 483 g/mol. The Morgan fingerprint density at radius 2 is 1.97 bits per heavy atom. The second-order valence-corrected chi connectivity index (χ2v) is 8.78. The van der Waals surface area contributed by atoms with E-state index in [-0.39, 0.29) is 24.3 Å². The van der Waals surface area contributed by atoms with Crippen molar-refractivity contribution in [2.75, 3.05) is 11.9 Å². The monoisotopic (exact) mass is 483 g/mol. The molecule has 182 valence electrons. The maximum absolute atomic E-state index is 12.7.